The van der Waals surface area contributed by atoms with Gasteiger partial charge in [-0.25, -0.2) is 13.3 Å². The van der Waals surface area contributed by atoms with Crippen molar-refractivity contribution in [2.24, 2.45) is 5.92 Å². The van der Waals surface area contributed by atoms with Crippen LogP contribution in [0.15, 0.2) is 72.8 Å². The molecule has 1 unspecified atom stereocenters. The van der Waals surface area contributed by atoms with Crippen LogP contribution in [0, 0.1) is 5.92 Å². The summed E-state index contributed by atoms with van der Waals surface area (Å²) in [6, 6.07) is 19.4. The van der Waals surface area contributed by atoms with Gasteiger partial charge >= 0.3 is 6.03 Å². The molecule has 3 heterocycles. The monoisotopic (exact) mass is 510 g/mol. The molecule has 36 heavy (non-hydrogen) atoms. The predicted molar refractivity (Wildman–Crippen MR) is 138 cm³/mol. The average molecular weight is 511 g/mol. The van der Waals surface area contributed by atoms with Crippen LogP contribution < -0.4 is 0 Å². The highest BCUT2D eigenvalue weighted by Crippen LogP contribution is 2.39. The van der Waals surface area contributed by atoms with E-state index in [-0.39, 0.29) is 42.8 Å². The molecule has 2 aromatic rings. The van der Waals surface area contributed by atoms with Gasteiger partial charge in [-0.05, 0) is 24.0 Å². The van der Waals surface area contributed by atoms with Gasteiger partial charge in [0.05, 0.1) is 49.9 Å². The molecule has 192 valence electrons. The lowest BCUT2D eigenvalue weighted by Crippen LogP contribution is -2.68. The summed E-state index contributed by atoms with van der Waals surface area (Å²) in [5.74, 6) is 0.0312. The zero-order chi connectivity index (χ0) is 25.1. The Morgan fingerprint density at radius 2 is 1.64 bits per heavy atom. The van der Waals surface area contributed by atoms with Gasteiger partial charge in [-0.15, -0.1) is 0 Å². The van der Waals surface area contributed by atoms with Crippen molar-refractivity contribution in [1.82, 2.24) is 9.21 Å². The van der Waals surface area contributed by atoms with E-state index in [1.165, 1.54) is 4.31 Å². The second kappa shape index (κ2) is 11.3. The Kier molecular flexibility index (Phi) is 7.86. The maximum Gasteiger partial charge on any atom is 0.333 e. The van der Waals surface area contributed by atoms with Crippen molar-refractivity contribution >= 4 is 17.0 Å². The van der Waals surface area contributed by atoms with Crippen molar-refractivity contribution in [1.29, 1.82) is 0 Å². The Labute approximate surface area is 215 Å². The number of piperidine rings is 1. The van der Waals surface area contributed by atoms with Gasteiger partial charge in [-0.1, -0.05) is 79.7 Å². The Morgan fingerprint density at radius 1 is 0.972 bits per heavy atom. The number of hydrogen-bond acceptors (Lipinski definition) is 5. The van der Waals surface area contributed by atoms with Crippen molar-refractivity contribution in [3.8, 4) is 0 Å². The van der Waals surface area contributed by atoms with E-state index in [2.05, 4.69) is 19.1 Å². The van der Waals surface area contributed by atoms with E-state index in [0.29, 0.717) is 26.2 Å². The summed E-state index contributed by atoms with van der Waals surface area (Å²) in [7, 11) is -1.61. The number of rotatable bonds is 8. The number of aliphatic hydroxyl groups excluding tert-OH is 1. The van der Waals surface area contributed by atoms with E-state index in [1.54, 1.807) is 6.08 Å². The predicted octanol–water partition coefficient (Wildman–Crippen LogP) is 3.66. The second-order valence-electron chi connectivity index (χ2n) is 9.85. The molecule has 0 saturated carbocycles. The SMILES string of the molecule is C[C@H]1[C@@H](OCc2ccccc2)C[C@@H]2C[C@@H]3C=C[C@H](CO)S(=O)N3C(=O)N2[C@@H]1COCc1ccccc1. The molecule has 7 nitrogen and oxygen atoms in total. The molecule has 0 aromatic heterocycles. The third-order valence-electron chi connectivity index (χ3n) is 7.56. The number of carbonyl (C=O) groups excluding carboxylic acids is 1. The lowest BCUT2D eigenvalue weighted by Gasteiger charge is -2.54. The first-order valence-corrected chi connectivity index (χ1v) is 13.8. The number of fused-ring (bicyclic) bond motifs is 2. The number of aliphatic hydroxyl groups is 1. The molecular weight excluding hydrogens is 476 g/mol. The average Bonchev–Trinajstić information content (AvgIpc) is 2.90. The number of hydrogen-bond donors (Lipinski definition) is 1. The van der Waals surface area contributed by atoms with Crippen LogP contribution in [0.1, 0.15) is 30.9 Å². The fourth-order valence-corrected chi connectivity index (χ4v) is 6.88. The molecule has 7 atom stereocenters. The summed E-state index contributed by atoms with van der Waals surface area (Å²) in [6.45, 7) is 3.21. The maximum atomic E-state index is 13.8. The van der Waals surface area contributed by atoms with Crippen LogP contribution in [0.4, 0.5) is 4.79 Å². The molecule has 0 radical (unpaired) electrons. The lowest BCUT2D eigenvalue weighted by atomic mass is 9.81. The Bertz CT molecular complexity index is 1080. The molecule has 8 heteroatoms. The molecular formula is C28H34N2O5S. The number of benzene rings is 2. The fourth-order valence-electron chi connectivity index (χ4n) is 5.56. The number of ether oxygens (including phenoxy) is 2. The Morgan fingerprint density at radius 3 is 2.31 bits per heavy atom. The van der Waals surface area contributed by atoms with Crippen molar-refractivity contribution in [3.63, 3.8) is 0 Å². The molecule has 2 fully saturated rings. The van der Waals surface area contributed by atoms with Crippen molar-refractivity contribution in [3.05, 3.63) is 83.9 Å². The number of urea groups is 1. The summed E-state index contributed by atoms with van der Waals surface area (Å²) < 4.78 is 27.1. The molecule has 2 amide bonds. The molecule has 3 aliphatic heterocycles. The van der Waals surface area contributed by atoms with E-state index in [1.807, 2.05) is 59.5 Å². The van der Waals surface area contributed by atoms with Crippen molar-refractivity contribution in [2.45, 2.75) is 62.5 Å². The van der Waals surface area contributed by atoms with E-state index in [4.69, 9.17) is 9.47 Å². The first-order chi connectivity index (χ1) is 17.6. The fraction of sp³-hybridized carbons (Fsp3) is 0.464. The van der Waals surface area contributed by atoms with Crippen LogP contribution in [0.3, 0.4) is 0 Å². The van der Waals surface area contributed by atoms with E-state index in [0.717, 1.165) is 17.5 Å². The van der Waals surface area contributed by atoms with Crippen molar-refractivity contribution in [2.75, 3.05) is 13.2 Å². The quantitative estimate of drug-likeness (QED) is 0.549. The number of carbonyl (C=O) groups is 1. The smallest absolute Gasteiger partial charge is 0.333 e. The molecule has 0 bridgehead atoms. The van der Waals surface area contributed by atoms with E-state index in [9.17, 15) is 14.1 Å². The standard InChI is InChI=1S/C28H34N2O5S/c1-20-26(19-34-17-21-8-4-2-5-9-21)29-24(15-27(20)35-18-22-10-6-3-7-11-22)14-23-12-13-25(16-31)36(33)30(23)28(29)32/h2-13,20,23-27,31H,14-19H2,1H3/t20-,23+,24+,25-,26-,27+,36?/m1/s1. The van der Waals surface area contributed by atoms with Gasteiger partial charge < -0.3 is 19.5 Å². The molecule has 2 aromatic carbocycles. The summed E-state index contributed by atoms with van der Waals surface area (Å²) in [6.07, 6.45) is 5.09. The first kappa shape index (κ1) is 25.1. The lowest BCUT2D eigenvalue weighted by molar-refractivity contribution is -0.101. The minimum absolute atomic E-state index is 0.0283. The van der Waals surface area contributed by atoms with Crippen LogP contribution in [-0.4, -0.2) is 67.2 Å². The largest absolute Gasteiger partial charge is 0.395 e. The van der Waals surface area contributed by atoms with Gasteiger partial charge in [0.15, 0.2) is 0 Å². The van der Waals surface area contributed by atoms with Gasteiger partial charge in [0.2, 0.25) is 0 Å². The second-order valence-corrected chi connectivity index (χ2v) is 11.4. The highest BCUT2D eigenvalue weighted by Gasteiger charge is 2.52. The third kappa shape index (κ3) is 5.13. The molecule has 2 saturated heterocycles. The summed E-state index contributed by atoms with van der Waals surface area (Å²) in [4.78, 5) is 15.7. The van der Waals surface area contributed by atoms with Gasteiger partial charge in [0.25, 0.3) is 0 Å². The van der Waals surface area contributed by atoms with Crippen LogP contribution in [0.2, 0.25) is 0 Å². The minimum atomic E-state index is -1.61. The molecule has 5 rings (SSSR count). The number of nitrogens with zero attached hydrogens (tertiary/aromatic N) is 2. The van der Waals surface area contributed by atoms with Crippen LogP contribution in [-0.2, 0) is 33.7 Å². The molecule has 1 N–H and O–H groups in total. The van der Waals surface area contributed by atoms with Gasteiger partial charge in [0, 0.05) is 12.0 Å². The number of amides is 2. The molecule has 0 spiro atoms. The van der Waals surface area contributed by atoms with Crippen LogP contribution in [0.5, 0.6) is 0 Å². The summed E-state index contributed by atoms with van der Waals surface area (Å²) >= 11 is 0. The molecule has 3 aliphatic rings. The van der Waals surface area contributed by atoms with Gasteiger partial charge in [-0.2, -0.15) is 0 Å². The van der Waals surface area contributed by atoms with Crippen LogP contribution in [0.25, 0.3) is 0 Å². The summed E-state index contributed by atoms with van der Waals surface area (Å²) in [5, 5.41) is 9.09. The van der Waals surface area contributed by atoms with E-state index < -0.39 is 16.2 Å². The highest BCUT2D eigenvalue weighted by molar-refractivity contribution is 7.84. The van der Waals surface area contributed by atoms with E-state index >= 15 is 0 Å². The highest BCUT2D eigenvalue weighted by atomic mass is 32.2. The minimum Gasteiger partial charge on any atom is -0.395 e. The normalized spacial score (nSPS) is 31.7. The summed E-state index contributed by atoms with van der Waals surface area (Å²) in [5.41, 5.74) is 2.20. The molecule has 0 aliphatic carbocycles. The third-order valence-corrected chi connectivity index (χ3v) is 9.20. The van der Waals surface area contributed by atoms with Crippen molar-refractivity contribution < 1.29 is 23.6 Å². The zero-order valence-electron chi connectivity index (χ0n) is 20.5. The first-order valence-electron chi connectivity index (χ1n) is 12.7. The topological polar surface area (TPSA) is 79.3 Å². The Balaban J connectivity index is 1.36. The Hall–Kier alpha value is -2.52. The van der Waals surface area contributed by atoms with Gasteiger partial charge in [-0.3, -0.25) is 0 Å². The van der Waals surface area contributed by atoms with Crippen LogP contribution >= 0.6 is 0 Å². The maximum absolute atomic E-state index is 13.8. The van der Waals surface area contributed by atoms with Gasteiger partial charge in [0.1, 0.15) is 11.0 Å². The zero-order valence-corrected chi connectivity index (χ0v) is 21.3.